The number of pyridine rings is 1. The number of methoxy groups -OCH3 is 2. The maximum absolute atomic E-state index is 12.8. The second-order valence-electron chi connectivity index (χ2n) is 6.62. The molecule has 3 aromatic rings. The van der Waals surface area contributed by atoms with Crippen molar-refractivity contribution in [1.29, 1.82) is 0 Å². The number of rotatable bonds is 7. The van der Waals surface area contributed by atoms with E-state index in [9.17, 15) is 9.59 Å². The zero-order valence-corrected chi connectivity index (χ0v) is 18.4. The minimum absolute atomic E-state index is 0.153. The first-order chi connectivity index (χ1) is 15.4. The van der Waals surface area contributed by atoms with E-state index in [0.717, 1.165) is 5.69 Å². The first-order valence-electron chi connectivity index (χ1n) is 9.51. The number of benzene rings is 2. The van der Waals surface area contributed by atoms with Gasteiger partial charge in [0.2, 0.25) is 0 Å². The predicted octanol–water partition coefficient (Wildman–Crippen LogP) is 4.08. The van der Waals surface area contributed by atoms with Gasteiger partial charge in [-0.05, 0) is 55.5 Å². The number of nitrogens with one attached hydrogen (secondary N) is 2. The summed E-state index contributed by atoms with van der Waals surface area (Å²) >= 11 is 6.06. The van der Waals surface area contributed by atoms with Gasteiger partial charge in [0, 0.05) is 16.3 Å². The zero-order valence-electron chi connectivity index (χ0n) is 17.7. The molecule has 0 aliphatic carbocycles. The van der Waals surface area contributed by atoms with Crippen LogP contribution in [-0.4, -0.2) is 37.2 Å². The third-order valence-corrected chi connectivity index (χ3v) is 4.63. The number of hydrazone groups is 1. The van der Waals surface area contributed by atoms with Gasteiger partial charge in [-0.2, -0.15) is 5.10 Å². The van der Waals surface area contributed by atoms with Crippen LogP contribution in [0.25, 0.3) is 0 Å². The number of ether oxygens (including phenoxy) is 2. The Morgan fingerprint density at radius 3 is 2.50 bits per heavy atom. The Morgan fingerprint density at radius 1 is 1.00 bits per heavy atom. The summed E-state index contributed by atoms with van der Waals surface area (Å²) in [6, 6.07) is 14.8. The average molecular weight is 453 g/mol. The smallest absolute Gasteiger partial charge is 0.273 e. The molecule has 2 amide bonds. The van der Waals surface area contributed by atoms with Crippen molar-refractivity contribution in [2.45, 2.75) is 6.92 Å². The lowest BCUT2D eigenvalue weighted by Gasteiger charge is -2.12. The Labute approximate surface area is 190 Å². The van der Waals surface area contributed by atoms with Gasteiger partial charge in [-0.25, -0.2) is 5.43 Å². The van der Waals surface area contributed by atoms with E-state index in [1.54, 1.807) is 36.4 Å². The van der Waals surface area contributed by atoms with Crippen LogP contribution in [0.4, 0.5) is 5.69 Å². The minimum Gasteiger partial charge on any atom is -0.493 e. The molecule has 2 aromatic carbocycles. The number of nitrogens with zero attached hydrogens (tertiary/aromatic N) is 2. The molecule has 164 valence electrons. The largest absolute Gasteiger partial charge is 0.493 e. The second-order valence-corrected chi connectivity index (χ2v) is 7.05. The molecule has 0 bridgehead atoms. The van der Waals surface area contributed by atoms with Gasteiger partial charge >= 0.3 is 0 Å². The standard InChI is InChI=1S/C23H21ClN4O4/c1-14-5-4-6-17(26-14)13-25-28-23(30)18-12-16(24)8-9-19(18)27-22(29)15-7-10-20(31-2)21(11-15)32-3/h4-13H,1-3H3,(H,27,29)(H,28,30)/b25-13+. The highest BCUT2D eigenvalue weighted by Crippen LogP contribution is 2.28. The Kier molecular flexibility index (Phi) is 7.41. The fraction of sp³-hybridized carbons (Fsp3) is 0.130. The van der Waals surface area contributed by atoms with E-state index in [4.69, 9.17) is 21.1 Å². The zero-order chi connectivity index (χ0) is 23.1. The summed E-state index contributed by atoms with van der Waals surface area (Å²) in [5.41, 5.74) is 4.60. The Morgan fingerprint density at radius 2 is 1.78 bits per heavy atom. The summed E-state index contributed by atoms with van der Waals surface area (Å²) in [4.78, 5) is 29.7. The van der Waals surface area contributed by atoms with Gasteiger partial charge in [0.25, 0.3) is 11.8 Å². The van der Waals surface area contributed by atoms with Gasteiger partial charge in [-0.15, -0.1) is 0 Å². The van der Waals surface area contributed by atoms with Crippen LogP contribution in [-0.2, 0) is 0 Å². The molecule has 0 saturated carbocycles. The summed E-state index contributed by atoms with van der Waals surface area (Å²) in [6.45, 7) is 1.86. The van der Waals surface area contributed by atoms with Crippen molar-refractivity contribution < 1.29 is 19.1 Å². The maximum Gasteiger partial charge on any atom is 0.273 e. The molecular weight excluding hydrogens is 432 g/mol. The van der Waals surface area contributed by atoms with E-state index in [1.165, 1.54) is 26.5 Å². The van der Waals surface area contributed by atoms with Crippen LogP contribution in [0.5, 0.6) is 11.5 Å². The van der Waals surface area contributed by atoms with Gasteiger partial charge < -0.3 is 14.8 Å². The van der Waals surface area contributed by atoms with Crippen molar-refractivity contribution in [2.24, 2.45) is 5.10 Å². The molecule has 9 heteroatoms. The average Bonchev–Trinajstić information content (AvgIpc) is 2.79. The fourth-order valence-corrected chi connectivity index (χ4v) is 3.01. The first-order valence-corrected chi connectivity index (χ1v) is 9.89. The van der Waals surface area contributed by atoms with Crippen LogP contribution in [0.3, 0.4) is 0 Å². The molecule has 1 heterocycles. The molecule has 1 aromatic heterocycles. The summed E-state index contributed by atoms with van der Waals surface area (Å²) in [5.74, 6) is -0.0707. The molecule has 0 spiro atoms. The number of carbonyl (C=O) groups excluding carboxylic acids is 2. The normalized spacial score (nSPS) is 10.6. The predicted molar refractivity (Wildman–Crippen MR) is 123 cm³/mol. The molecule has 3 rings (SSSR count). The SMILES string of the molecule is COc1ccc(C(=O)Nc2ccc(Cl)cc2C(=O)N/N=C/c2cccc(C)n2)cc1OC. The molecule has 2 N–H and O–H groups in total. The van der Waals surface area contributed by atoms with Crippen molar-refractivity contribution in [3.8, 4) is 11.5 Å². The molecule has 0 atom stereocenters. The number of hydrogen-bond acceptors (Lipinski definition) is 6. The lowest BCUT2D eigenvalue weighted by Crippen LogP contribution is -2.21. The Hall–Kier alpha value is -3.91. The number of hydrogen-bond donors (Lipinski definition) is 2. The number of aryl methyl sites for hydroxylation is 1. The lowest BCUT2D eigenvalue weighted by molar-refractivity contribution is 0.0956. The molecule has 8 nitrogen and oxygen atoms in total. The summed E-state index contributed by atoms with van der Waals surface area (Å²) in [7, 11) is 2.99. The summed E-state index contributed by atoms with van der Waals surface area (Å²) in [5, 5.41) is 6.99. The third-order valence-electron chi connectivity index (χ3n) is 4.39. The highest BCUT2D eigenvalue weighted by molar-refractivity contribution is 6.31. The van der Waals surface area contributed by atoms with Crippen LogP contribution in [0.2, 0.25) is 5.02 Å². The van der Waals surface area contributed by atoms with Crippen LogP contribution < -0.4 is 20.2 Å². The maximum atomic E-state index is 12.8. The van der Waals surface area contributed by atoms with Crippen LogP contribution in [0, 0.1) is 6.92 Å². The molecule has 0 aliphatic heterocycles. The van der Waals surface area contributed by atoms with E-state index in [1.807, 2.05) is 19.1 Å². The van der Waals surface area contributed by atoms with Crippen molar-refractivity contribution in [3.63, 3.8) is 0 Å². The van der Waals surface area contributed by atoms with Gasteiger partial charge in [0.05, 0.1) is 37.4 Å². The Balaban J connectivity index is 1.78. The Bertz CT molecular complexity index is 1180. The van der Waals surface area contributed by atoms with E-state index in [2.05, 4.69) is 20.8 Å². The lowest BCUT2D eigenvalue weighted by atomic mass is 10.1. The van der Waals surface area contributed by atoms with E-state index < -0.39 is 11.8 Å². The number of aromatic nitrogens is 1. The van der Waals surface area contributed by atoms with Gasteiger partial charge in [0.1, 0.15) is 0 Å². The van der Waals surface area contributed by atoms with E-state index >= 15 is 0 Å². The molecule has 0 saturated heterocycles. The molecule has 0 aliphatic rings. The van der Waals surface area contributed by atoms with E-state index in [-0.39, 0.29) is 11.3 Å². The summed E-state index contributed by atoms with van der Waals surface area (Å²) in [6.07, 6.45) is 1.43. The molecule has 0 fully saturated rings. The van der Waals surface area contributed by atoms with Crippen LogP contribution in [0.1, 0.15) is 32.1 Å². The first kappa shape index (κ1) is 22.8. The second kappa shape index (κ2) is 10.4. The molecular formula is C23H21ClN4O4. The highest BCUT2D eigenvalue weighted by Gasteiger charge is 2.16. The van der Waals surface area contributed by atoms with Crippen molar-refractivity contribution >= 4 is 35.3 Å². The quantitative estimate of drug-likeness (QED) is 0.415. The van der Waals surface area contributed by atoms with Gasteiger partial charge in [0.15, 0.2) is 11.5 Å². The molecule has 0 unspecified atom stereocenters. The van der Waals surface area contributed by atoms with Gasteiger partial charge in [-0.1, -0.05) is 17.7 Å². The highest BCUT2D eigenvalue weighted by atomic mass is 35.5. The number of carbonyl (C=O) groups is 2. The number of anilines is 1. The van der Waals surface area contributed by atoms with Crippen molar-refractivity contribution in [2.75, 3.05) is 19.5 Å². The number of amides is 2. The molecule has 32 heavy (non-hydrogen) atoms. The van der Waals surface area contributed by atoms with Crippen molar-refractivity contribution in [3.05, 3.63) is 82.1 Å². The van der Waals surface area contributed by atoms with Gasteiger partial charge in [-0.3, -0.25) is 14.6 Å². The van der Waals surface area contributed by atoms with E-state index in [0.29, 0.717) is 27.8 Å². The third kappa shape index (κ3) is 5.61. The summed E-state index contributed by atoms with van der Waals surface area (Å²) < 4.78 is 10.4. The fourth-order valence-electron chi connectivity index (χ4n) is 2.84. The van der Waals surface area contributed by atoms with Crippen LogP contribution >= 0.6 is 11.6 Å². The van der Waals surface area contributed by atoms with Crippen molar-refractivity contribution in [1.82, 2.24) is 10.4 Å². The minimum atomic E-state index is -0.543. The topological polar surface area (TPSA) is 102 Å². The molecule has 0 radical (unpaired) electrons. The number of halogens is 1. The van der Waals surface area contributed by atoms with Crippen LogP contribution in [0.15, 0.2) is 59.7 Å². The monoisotopic (exact) mass is 452 g/mol.